The zero-order valence-corrected chi connectivity index (χ0v) is 13.1. The Morgan fingerprint density at radius 3 is 2.57 bits per heavy atom. The summed E-state index contributed by atoms with van der Waals surface area (Å²) in [6.07, 6.45) is 5.52. The highest BCUT2D eigenvalue weighted by Crippen LogP contribution is 2.28. The Labute approximate surface area is 127 Å². The van der Waals surface area contributed by atoms with Crippen LogP contribution in [0.25, 0.3) is 0 Å². The van der Waals surface area contributed by atoms with Gasteiger partial charge in [0.25, 0.3) is 0 Å². The van der Waals surface area contributed by atoms with Crippen molar-refractivity contribution in [1.29, 1.82) is 5.26 Å². The van der Waals surface area contributed by atoms with Crippen LogP contribution in [0.5, 0.6) is 0 Å². The summed E-state index contributed by atoms with van der Waals surface area (Å²) in [5.74, 6) is 0.512. The van der Waals surface area contributed by atoms with Gasteiger partial charge in [0.2, 0.25) is 0 Å². The summed E-state index contributed by atoms with van der Waals surface area (Å²) in [6, 6.07) is 8.19. The SMILES string of the molecule is CCCCCC1COC(c2ccc(CC)c(C#N)c2)OC1. The molecule has 0 aromatic heterocycles. The minimum atomic E-state index is -0.314. The minimum absolute atomic E-state index is 0.314. The van der Waals surface area contributed by atoms with Crippen molar-refractivity contribution in [2.45, 2.75) is 52.2 Å². The number of unbranched alkanes of at least 4 members (excludes halogenated alkanes) is 2. The predicted octanol–water partition coefficient (Wildman–Crippen LogP) is 4.36. The average Bonchev–Trinajstić information content (AvgIpc) is 2.55. The molecule has 0 spiro atoms. The molecule has 1 fully saturated rings. The molecule has 1 aliphatic heterocycles. The summed E-state index contributed by atoms with van der Waals surface area (Å²) in [6.45, 7) is 5.79. The van der Waals surface area contributed by atoms with Crippen molar-refractivity contribution in [2.24, 2.45) is 5.92 Å². The van der Waals surface area contributed by atoms with E-state index in [1.54, 1.807) is 0 Å². The van der Waals surface area contributed by atoms with Gasteiger partial charge in [0.1, 0.15) is 0 Å². The molecule has 2 rings (SSSR count). The van der Waals surface area contributed by atoms with Gasteiger partial charge >= 0.3 is 0 Å². The third kappa shape index (κ3) is 4.30. The first-order valence-electron chi connectivity index (χ1n) is 8.04. The largest absolute Gasteiger partial charge is 0.348 e. The standard InChI is InChI=1S/C18H25NO2/c1-3-5-6-7-14-12-20-18(21-13-14)16-9-8-15(4-2)17(10-16)11-19/h8-10,14,18H,3-7,12-13H2,1-2H3. The summed E-state index contributed by atoms with van der Waals surface area (Å²) in [5.41, 5.74) is 2.76. The van der Waals surface area contributed by atoms with Crippen LogP contribution in [-0.2, 0) is 15.9 Å². The van der Waals surface area contributed by atoms with Gasteiger partial charge in [-0.3, -0.25) is 0 Å². The lowest BCUT2D eigenvalue weighted by atomic mass is 10.0. The average molecular weight is 287 g/mol. The van der Waals surface area contributed by atoms with E-state index in [4.69, 9.17) is 9.47 Å². The van der Waals surface area contributed by atoms with Crippen LogP contribution in [0.4, 0.5) is 0 Å². The first kappa shape index (κ1) is 16.0. The molecule has 0 atom stereocenters. The van der Waals surface area contributed by atoms with Gasteiger partial charge in [-0.15, -0.1) is 0 Å². The molecule has 0 radical (unpaired) electrons. The van der Waals surface area contributed by atoms with E-state index in [9.17, 15) is 5.26 Å². The number of benzene rings is 1. The first-order chi connectivity index (χ1) is 10.3. The molecule has 114 valence electrons. The zero-order valence-electron chi connectivity index (χ0n) is 13.1. The van der Waals surface area contributed by atoms with E-state index < -0.39 is 0 Å². The van der Waals surface area contributed by atoms with Gasteiger partial charge in [0.05, 0.1) is 24.8 Å². The summed E-state index contributed by atoms with van der Waals surface area (Å²) in [7, 11) is 0. The molecule has 0 aliphatic carbocycles. The number of nitriles is 1. The molecule has 3 nitrogen and oxygen atoms in total. The molecule has 1 aromatic carbocycles. The molecule has 0 saturated carbocycles. The van der Waals surface area contributed by atoms with E-state index in [1.807, 2.05) is 18.2 Å². The maximum absolute atomic E-state index is 9.20. The Kier molecular flexibility index (Phi) is 6.22. The summed E-state index contributed by atoms with van der Waals surface area (Å²) < 4.78 is 11.7. The Morgan fingerprint density at radius 2 is 1.95 bits per heavy atom. The number of hydrogen-bond acceptors (Lipinski definition) is 3. The highest BCUT2D eigenvalue weighted by atomic mass is 16.7. The molecule has 1 saturated heterocycles. The Hall–Kier alpha value is -1.37. The lowest BCUT2D eigenvalue weighted by molar-refractivity contribution is -0.206. The Bertz CT molecular complexity index is 484. The van der Waals surface area contributed by atoms with Crippen molar-refractivity contribution < 1.29 is 9.47 Å². The van der Waals surface area contributed by atoms with E-state index >= 15 is 0 Å². The lowest BCUT2D eigenvalue weighted by Gasteiger charge is -2.29. The molecular formula is C18H25NO2. The zero-order chi connectivity index (χ0) is 15.1. The molecule has 0 N–H and O–H groups in total. The number of aryl methyl sites for hydroxylation is 1. The van der Waals surface area contributed by atoms with Crippen LogP contribution in [0.15, 0.2) is 18.2 Å². The summed E-state index contributed by atoms with van der Waals surface area (Å²) >= 11 is 0. The van der Waals surface area contributed by atoms with Crippen molar-refractivity contribution in [1.82, 2.24) is 0 Å². The van der Waals surface area contributed by atoms with Crippen molar-refractivity contribution in [3.05, 3.63) is 34.9 Å². The van der Waals surface area contributed by atoms with E-state index in [0.29, 0.717) is 5.92 Å². The van der Waals surface area contributed by atoms with Crippen LogP contribution in [0, 0.1) is 17.2 Å². The number of rotatable bonds is 6. The van der Waals surface area contributed by atoms with Crippen molar-refractivity contribution >= 4 is 0 Å². The second-order valence-corrected chi connectivity index (χ2v) is 5.74. The van der Waals surface area contributed by atoms with Crippen LogP contribution in [0.3, 0.4) is 0 Å². The monoisotopic (exact) mass is 287 g/mol. The van der Waals surface area contributed by atoms with Gasteiger partial charge in [-0.25, -0.2) is 0 Å². The van der Waals surface area contributed by atoms with E-state index in [2.05, 4.69) is 19.9 Å². The quantitative estimate of drug-likeness (QED) is 0.730. The maximum atomic E-state index is 9.20. The topological polar surface area (TPSA) is 42.2 Å². The van der Waals surface area contributed by atoms with Crippen LogP contribution in [-0.4, -0.2) is 13.2 Å². The van der Waals surface area contributed by atoms with Gasteiger partial charge in [-0.05, 0) is 24.5 Å². The highest BCUT2D eigenvalue weighted by Gasteiger charge is 2.23. The van der Waals surface area contributed by atoms with Gasteiger partial charge in [-0.1, -0.05) is 45.2 Å². The molecule has 21 heavy (non-hydrogen) atoms. The fourth-order valence-electron chi connectivity index (χ4n) is 2.74. The summed E-state index contributed by atoms with van der Waals surface area (Å²) in [4.78, 5) is 0. The molecule has 0 amide bonds. The van der Waals surface area contributed by atoms with Crippen LogP contribution in [0.2, 0.25) is 0 Å². The molecule has 1 aromatic rings. The van der Waals surface area contributed by atoms with Gasteiger partial charge < -0.3 is 9.47 Å². The van der Waals surface area contributed by atoms with E-state index in [1.165, 1.54) is 25.7 Å². The molecular weight excluding hydrogens is 262 g/mol. The molecule has 1 aliphatic rings. The van der Waals surface area contributed by atoms with Gasteiger partial charge in [0, 0.05) is 11.5 Å². The third-order valence-corrected chi connectivity index (χ3v) is 4.09. The van der Waals surface area contributed by atoms with Crippen molar-refractivity contribution in [3.63, 3.8) is 0 Å². The smallest absolute Gasteiger partial charge is 0.183 e. The van der Waals surface area contributed by atoms with E-state index in [0.717, 1.165) is 36.3 Å². The van der Waals surface area contributed by atoms with Gasteiger partial charge in [-0.2, -0.15) is 5.26 Å². The molecule has 0 unspecified atom stereocenters. The summed E-state index contributed by atoms with van der Waals surface area (Å²) in [5, 5.41) is 9.20. The Morgan fingerprint density at radius 1 is 1.19 bits per heavy atom. The normalized spacial score (nSPS) is 22.0. The number of nitrogens with zero attached hydrogens (tertiary/aromatic N) is 1. The second kappa shape index (κ2) is 8.17. The number of ether oxygens (including phenoxy) is 2. The molecule has 1 heterocycles. The first-order valence-corrected chi connectivity index (χ1v) is 8.04. The van der Waals surface area contributed by atoms with Crippen LogP contribution in [0.1, 0.15) is 62.5 Å². The van der Waals surface area contributed by atoms with Gasteiger partial charge in [0.15, 0.2) is 6.29 Å². The van der Waals surface area contributed by atoms with Crippen LogP contribution >= 0.6 is 0 Å². The third-order valence-electron chi connectivity index (χ3n) is 4.09. The second-order valence-electron chi connectivity index (χ2n) is 5.74. The molecule has 3 heteroatoms. The number of hydrogen-bond donors (Lipinski definition) is 0. The predicted molar refractivity (Wildman–Crippen MR) is 82.8 cm³/mol. The Balaban J connectivity index is 1.92. The lowest BCUT2D eigenvalue weighted by Crippen LogP contribution is -2.27. The van der Waals surface area contributed by atoms with Crippen molar-refractivity contribution in [3.8, 4) is 6.07 Å². The minimum Gasteiger partial charge on any atom is -0.348 e. The molecule has 0 bridgehead atoms. The fraction of sp³-hybridized carbons (Fsp3) is 0.611. The van der Waals surface area contributed by atoms with E-state index in [-0.39, 0.29) is 6.29 Å². The maximum Gasteiger partial charge on any atom is 0.183 e. The highest BCUT2D eigenvalue weighted by molar-refractivity contribution is 5.41. The van der Waals surface area contributed by atoms with Crippen LogP contribution < -0.4 is 0 Å². The fourth-order valence-corrected chi connectivity index (χ4v) is 2.74. The van der Waals surface area contributed by atoms with Crippen molar-refractivity contribution in [2.75, 3.05) is 13.2 Å².